The Morgan fingerprint density at radius 3 is 2.67 bits per heavy atom. The van der Waals surface area contributed by atoms with E-state index in [1.165, 1.54) is 6.08 Å². The van der Waals surface area contributed by atoms with Gasteiger partial charge < -0.3 is 25.2 Å². The number of aromatic nitrogens is 2. The van der Waals surface area contributed by atoms with Gasteiger partial charge in [0.15, 0.2) is 5.82 Å². The molecule has 15 heteroatoms. The summed E-state index contributed by atoms with van der Waals surface area (Å²) in [6.45, 7) is 6.77. The van der Waals surface area contributed by atoms with E-state index in [-0.39, 0.29) is 68.0 Å². The number of hydrogen-bond donors (Lipinski definition) is 1. The SMILES string of the molecule is C=CC(=O)N1CC[C@H](N(C)c2nc(OC[C@@H]3CCCN3C)nc3c(F)c(-c4ccc(F)c5sc(N)c(C#N)c45)c(C(F)(F)F)cc23)[C@@H]1C. The number of nitriles is 1. The number of carbonyl (C=O) groups is 1. The van der Waals surface area contributed by atoms with Crippen LogP contribution >= 0.6 is 11.3 Å². The highest BCUT2D eigenvalue weighted by Gasteiger charge is 2.40. The van der Waals surface area contributed by atoms with Crippen LogP contribution in [0.4, 0.5) is 32.8 Å². The molecule has 48 heavy (non-hydrogen) atoms. The monoisotopic (exact) mass is 685 g/mol. The molecule has 252 valence electrons. The van der Waals surface area contributed by atoms with Crippen molar-refractivity contribution in [2.45, 2.75) is 50.5 Å². The molecule has 6 rings (SSSR count). The summed E-state index contributed by atoms with van der Waals surface area (Å²) < 4.78 is 82.4. The van der Waals surface area contributed by atoms with Crippen molar-refractivity contribution in [3.05, 3.63) is 53.6 Å². The first-order chi connectivity index (χ1) is 22.8. The van der Waals surface area contributed by atoms with Crippen LogP contribution in [0.3, 0.4) is 0 Å². The number of hydrogen-bond acceptors (Lipinski definition) is 9. The van der Waals surface area contributed by atoms with Crippen LogP contribution < -0.4 is 15.4 Å². The van der Waals surface area contributed by atoms with E-state index in [4.69, 9.17) is 10.5 Å². The number of amides is 1. The first-order valence-electron chi connectivity index (χ1n) is 15.3. The summed E-state index contributed by atoms with van der Waals surface area (Å²) in [6, 6.07) is 3.55. The molecule has 3 atom stereocenters. The quantitative estimate of drug-likeness (QED) is 0.177. The third-order valence-electron chi connectivity index (χ3n) is 9.47. The van der Waals surface area contributed by atoms with E-state index in [0.717, 1.165) is 37.6 Å². The molecule has 0 bridgehead atoms. The summed E-state index contributed by atoms with van der Waals surface area (Å²) in [5, 5.41) is 9.23. The smallest absolute Gasteiger partial charge is 0.417 e. The van der Waals surface area contributed by atoms with Gasteiger partial charge in [0.05, 0.1) is 21.9 Å². The standard InChI is InChI=1S/C33H32F5N7O2S/c1-5-24(46)45-12-10-23(16(45)2)44(4)31-19-13-21(33(36,37)38)26(18-8-9-22(34)29-25(18)20(14-39)30(40)48-29)27(35)28(19)41-32(42-31)47-15-17-7-6-11-43(17)3/h5,8-9,13,16-17,23H,1,6-7,10-12,15,40H2,2-4H3/t16-,17-,23-/m0/s1. The number of rotatable bonds is 7. The first kappa shape index (κ1) is 33.4. The molecule has 0 saturated carbocycles. The highest BCUT2D eigenvalue weighted by atomic mass is 32.1. The molecule has 0 radical (unpaired) electrons. The Morgan fingerprint density at radius 2 is 2.02 bits per heavy atom. The van der Waals surface area contributed by atoms with Gasteiger partial charge >= 0.3 is 12.2 Å². The lowest BCUT2D eigenvalue weighted by atomic mass is 9.92. The maximum absolute atomic E-state index is 17.0. The van der Waals surface area contributed by atoms with Crippen LogP contribution in [-0.4, -0.2) is 77.6 Å². The number of halogens is 5. The molecule has 4 heterocycles. The average molecular weight is 686 g/mol. The molecule has 2 aliphatic rings. The van der Waals surface area contributed by atoms with Crippen LogP contribution in [0.15, 0.2) is 30.9 Å². The fourth-order valence-electron chi connectivity index (χ4n) is 6.91. The molecule has 4 aromatic rings. The number of thiophene rings is 1. The Morgan fingerprint density at radius 1 is 1.27 bits per heavy atom. The van der Waals surface area contributed by atoms with Crippen LogP contribution in [0.5, 0.6) is 6.01 Å². The Kier molecular flexibility index (Phi) is 8.67. The molecule has 0 aliphatic carbocycles. The number of nitrogen functional groups attached to an aromatic ring is 1. The Balaban J connectivity index is 1.60. The number of carbonyl (C=O) groups excluding carboxylic acids is 1. The maximum atomic E-state index is 17.0. The second-order valence-corrected chi connectivity index (χ2v) is 13.2. The summed E-state index contributed by atoms with van der Waals surface area (Å²) in [6.07, 6.45) is -1.63. The minimum Gasteiger partial charge on any atom is -0.462 e. The largest absolute Gasteiger partial charge is 0.462 e. The number of likely N-dealkylation sites (tertiary alicyclic amines) is 2. The maximum Gasteiger partial charge on any atom is 0.417 e. The molecule has 2 fully saturated rings. The number of ether oxygens (including phenoxy) is 1. The number of benzene rings is 2. The molecule has 2 aliphatic heterocycles. The summed E-state index contributed by atoms with van der Waals surface area (Å²) in [5.41, 5.74) is 2.62. The van der Waals surface area contributed by atoms with Gasteiger partial charge in [-0.1, -0.05) is 12.6 Å². The van der Waals surface area contributed by atoms with Crippen molar-refractivity contribution >= 4 is 49.1 Å². The first-order valence-corrected chi connectivity index (χ1v) is 16.1. The number of nitrogens with two attached hydrogens (primary N) is 1. The number of anilines is 2. The third-order valence-corrected chi connectivity index (χ3v) is 10.5. The second kappa shape index (κ2) is 12.5. The summed E-state index contributed by atoms with van der Waals surface area (Å²) >= 11 is 0.693. The topological polar surface area (TPSA) is 112 Å². The second-order valence-electron chi connectivity index (χ2n) is 12.1. The summed E-state index contributed by atoms with van der Waals surface area (Å²) in [5.74, 6) is -2.46. The summed E-state index contributed by atoms with van der Waals surface area (Å²) in [4.78, 5) is 26.6. The van der Waals surface area contributed by atoms with Gasteiger partial charge in [0.1, 0.15) is 34.8 Å². The van der Waals surface area contributed by atoms with Crippen LogP contribution in [0.2, 0.25) is 0 Å². The predicted molar refractivity (Wildman–Crippen MR) is 174 cm³/mol. The molecular weight excluding hydrogens is 653 g/mol. The molecular formula is C33H32F5N7O2S. The van der Waals surface area contributed by atoms with E-state index in [9.17, 15) is 27.6 Å². The van der Waals surface area contributed by atoms with Gasteiger partial charge in [0.2, 0.25) is 5.91 Å². The van der Waals surface area contributed by atoms with Gasteiger partial charge in [-0.3, -0.25) is 4.79 Å². The van der Waals surface area contributed by atoms with Gasteiger partial charge in [0.25, 0.3) is 0 Å². The van der Waals surface area contributed by atoms with Gasteiger partial charge in [0, 0.05) is 42.0 Å². The molecule has 2 aromatic carbocycles. The highest BCUT2D eigenvalue weighted by Crippen LogP contribution is 2.48. The highest BCUT2D eigenvalue weighted by molar-refractivity contribution is 7.23. The van der Waals surface area contributed by atoms with E-state index in [0.29, 0.717) is 24.3 Å². The summed E-state index contributed by atoms with van der Waals surface area (Å²) in [7, 11) is 3.56. The van der Waals surface area contributed by atoms with Gasteiger partial charge in [-0.05, 0) is 63.6 Å². The minimum absolute atomic E-state index is 0.0165. The van der Waals surface area contributed by atoms with E-state index < -0.39 is 40.5 Å². The number of alkyl halides is 3. The zero-order valence-corrected chi connectivity index (χ0v) is 27.2. The van der Waals surface area contributed by atoms with Gasteiger partial charge in [-0.2, -0.15) is 28.4 Å². The fourth-order valence-corrected chi connectivity index (χ4v) is 7.86. The Hall–Kier alpha value is -4.55. The lowest BCUT2D eigenvalue weighted by Gasteiger charge is -2.32. The minimum atomic E-state index is -5.09. The van der Waals surface area contributed by atoms with Crippen molar-refractivity contribution in [3.8, 4) is 23.2 Å². The van der Waals surface area contributed by atoms with Crippen LogP contribution in [0, 0.1) is 23.0 Å². The van der Waals surface area contributed by atoms with Crippen molar-refractivity contribution in [1.29, 1.82) is 5.26 Å². The van der Waals surface area contributed by atoms with Crippen LogP contribution in [0.25, 0.3) is 32.1 Å². The normalized spacial score (nSPS) is 20.1. The van der Waals surface area contributed by atoms with Gasteiger partial charge in [-0.25, -0.2) is 8.78 Å². The number of nitrogens with zero attached hydrogens (tertiary/aromatic N) is 6. The molecule has 0 spiro atoms. The predicted octanol–water partition coefficient (Wildman–Crippen LogP) is 6.35. The Labute approximate surface area is 277 Å². The zero-order chi connectivity index (χ0) is 34.7. The van der Waals surface area contributed by atoms with Crippen molar-refractivity contribution < 1.29 is 31.5 Å². The van der Waals surface area contributed by atoms with Crippen molar-refractivity contribution in [2.75, 3.05) is 44.4 Å². The molecule has 9 nitrogen and oxygen atoms in total. The zero-order valence-electron chi connectivity index (χ0n) is 26.4. The lowest BCUT2D eigenvalue weighted by Crippen LogP contribution is -2.43. The third kappa shape index (κ3) is 5.56. The lowest BCUT2D eigenvalue weighted by molar-refractivity contribution is -0.137. The van der Waals surface area contributed by atoms with E-state index in [2.05, 4.69) is 21.4 Å². The van der Waals surface area contributed by atoms with E-state index >= 15 is 4.39 Å². The van der Waals surface area contributed by atoms with Crippen molar-refractivity contribution in [2.24, 2.45) is 0 Å². The van der Waals surface area contributed by atoms with E-state index in [1.54, 1.807) is 16.8 Å². The van der Waals surface area contributed by atoms with Crippen molar-refractivity contribution in [1.82, 2.24) is 19.8 Å². The fraction of sp³-hybridized carbons (Fsp3) is 0.394. The molecule has 0 unspecified atom stereocenters. The van der Waals surface area contributed by atoms with Crippen LogP contribution in [-0.2, 0) is 11.0 Å². The Bertz CT molecular complexity index is 1990. The van der Waals surface area contributed by atoms with Crippen LogP contribution in [0.1, 0.15) is 37.3 Å². The molecule has 2 saturated heterocycles. The van der Waals surface area contributed by atoms with Gasteiger partial charge in [-0.15, -0.1) is 11.3 Å². The average Bonchev–Trinajstić information content (AvgIpc) is 3.75. The van der Waals surface area contributed by atoms with Crippen molar-refractivity contribution in [3.63, 3.8) is 0 Å². The number of fused-ring (bicyclic) bond motifs is 2. The molecule has 2 N–H and O–H groups in total. The molecule has 1 amide bonds. The number of likely N-dealkylation sites (N-methyl/N-ethyl adjacent to an activating group) is 2. The molecule has 2 aromatic heterocycles. The van der Waals surface area contributed by atoms with E-state index in [1.807, 2.05) is 20.0 Å².